The van der Waals surface area contributed by atoms with Crippen molar-refractivity contribution >= 4 is 16.4 Å². The first-order valence-electron chi connectivity index (χ1n) is 7.22. The molecule has 1 aromatic rings. The van der Waals surface area contributed by atoms with Crippen LogP contribution in [0.15, 0.2) is 30.3 Å². The molecule has 0 bridgehead atoms. The molecule has 1 heterocycles. The van der Waals surface area contributed by atoms with Crippen LogP contribution in [0, 0.1) is 0 Å². The minimum atomic E-state index is -4.12. The molecule has 8 heteroatoms. The lowest BCUT2D eigenvalue weighted by atomic mass is 10.2. The lowest BCUT2D eigenvalue weighted by Gasteiger charge is -2.25. The molecule has 1 saturated heterocycles. The van der Waals surface area contributed by atoms with Gasteiger partial charge in [0.05, 0.1) is 19.8 Å². The molecule has 1 aliphatic rings. The first-order valence-corrected chi connectivity index (χ1v) is 8.59. The van der Waals surface area contributed by atoms with E-state index in [1.54, 1.807) is 20.8 Å². The van der Waals surface area contributed by atoms with Crippen molar-refractivity contribution in [2.75, 3.05) is 13.2 Å². The summed E-state index contributed by atoms with van der Waals surface area (Å²) in [6.07, 6.45) is -0.955. The van der Waals surface area contributed by atoms with Gasteiger partial charge in [-0.3, -0.25) is 4.18 Å². The van der Waals surface area contributed by atoms with E-state index in [-0.39, 0.29) is 13.2 Å². The summed E-state index contributed by atoms with van der Waals surface area (Å²) in [5, 5.41) is 0. The zero-order valence-corrected chi connectivity index (χ0v) is 14.2. The molecule has 0 spiro atoms. The lowest BCUT2D eigenvalue weighted by Crippen LogP contribution is -2.44. The predicted octanol–water partition coefficient (Wildman–Crippen LogP) is 2.08. The molecule has 2 rings (SSSR count). The Bertz CT molecular complexity index is 638. The van der Waals surface area contributed by atoms with Gasteiger partial charge in [-0.2, -0.15) is 12.7 Å². The molecular formula is C15H21NO6S. The fourth-order valence-electron chi connectivity index (χ4n) is 2.02. The van der Waals surface area contributed by atoms with Gasteiger partial charge >= 0.3 is 16.4 Å². The monoisotopic (exact) mass is 343 g/mol. The average Bonchev–Trinajstić information content (AvgIpc) is 2.73. The Labute approximate surface area is 136 Å². The number of carbonyl (C=O) groups is 1. The van der Waals surface area contributed by atoms with Crippen LogP contribution in [0.25, 0.3) is 0 Å². The average molecular weight is 343 g/mol. The van der Waals surface area contributed by atoms with Crippen molar-refractivity contribution in [1.82, 2.24) is 4.31 Å². The third kappa shape index (κ3) is 4.92. The normalized spacial score (nSPS) is 20.5. The number of amides is 1. The van der Waals surface area contributed by atoms with Crippen molar-refractivity contribution < 1.29 is 26.9 Å². The number of hydrogen-bond donors (Lipinski definition) is 0. The summed E-state index contributed by atoms with van der Waals surface area (Å²) in [7, 11) is -4.12. The van der Waals surface area contributed by atoms with Crippen molar-refractivity contribution in [3.8, 4) is 0 Å². The second kappa shape index (κ2) is 6.86. The van der Waals surface area contributed by atoms with E-state index in [1.165, 1.54) is 0 Å². The number of carbonyl (C=O) groups excluding carboxylic acids is 1. The van der Waals surface area contributed by atoms with Crippen LogP contribution in [-0.4, -0.2) is 43.7 Å². The zero-order chi connectivity index (χ0) is 17.1. The van der Waals surface area contributed by atoms with Crippen molar-refractivity contribution in [1.29, 1.82) is 0 Å². The van der Waals surface area contributed by atoms with Crippen LogP contribution in [0.5, 0.6) is 0 Å². The van der Waals surface area contributed by atoms with Gasteiger partial charge in [-0.05, 0) is 26.3 Å². The van der Waals surface area contributed by atoms with E-state index in [4.69, 9.17) is 13.7 Å². The van der Waals surface area contributed by atoms with Gasteiger partial charge in [0, 0.05) is 0 Å². The molecule has 1 aliphatic heterocycles. The predicted molar refractivity (Wildman–Crippen MR) is 82.8 cm³/mol. The highest BCUT2D eigenvalue weighted by Crippen LogP contribution is 2.23. The van der Waals surface area contributed by atoms with Gasteiger partial charge in [0.15, 0.2) is 0 Å². The Morgan fingerprint density at radius 3 is 2.57 bits per heavy atom. The van der Waals surface area contributed by atoms with Crippen LogP contribution in [0.3, 0.4) is 0 Å². The quantitative estimate of drug-likeness (QED) is 0.832. The molecule has 1 amide bonds. The first kappa shape index (κ1) is 17.7. The lowest BCUT2D eigenvalue weighted by molar-refractivity contribution is 0.0237. The van der Waals surface area contributed by atoms with Gasteiger partial charge in [-0.25, -0.2) is 4.79 Å². The van der Waals surface area contributed by atoms with Crippen molar-refractivity contribution in [3.05, 3.63) is 35.9 Å². The smallest absolute Gasteiger partial charge is 0.426 e. The van der Waals surface area contributed by atoms with Crippen LogP contribution < -0.4 is 0 Å². The van der Waals surface area contributed by atoms with Crippen LogP contribution in [0.2, 0.25) is 0 Å². The molecule has 0 aromatic heterocycles. The van der Waals surface area contributed by atoms with E-state index >= 15 is 0 Å². The topological polar surface area (TPSA) is 82.1 Å². The molecule has 7 nitrogen and oxygen atoms in total. The van der Waals surface area contributed by atoms with Gasteiger partial charge in [0.25, 0.3) is 0 Å². The molecule has 1 fully saturated rings. The maximum Gasteiger partial charge on any atom is 0.426 e. The third-order valence-corrected chi connectivity index (χ3v) is 4.34. The number of hydrogen-bond acceptors (Lipinski definition) is 6. The maximum absolute atomic E-state index is 12.1. The highest BCUT2D eigenvalue weighted by Gasteiger charge is 2.44. The van der Waals surface area contributed by atoms with Crippen LogP contribution in [-0.2, 0) is 30.6 Å². The summed E-state index contributed by atoms with van der Waals surface area (Å²) in [5.41, 5.74) is 0.156. The maximum atomic E-state index is 12.1. The fraction of sp³-hybridized carbons (Fsp3) is 0.533. The minimum Gasteiger partial charge on any atom is -0.443 e. The van der Waals surface area contributed by atoms with Gasteiger partial charge in [-0.1, -0.05) is 30.3 Å². The molecule has 0 unspecified atom stereocenters. The van der Waals surface area contributed by atoms with Crippen LogP contribution in [0.4, 0.5) is 4.79 Å². The third-order valence-electron chi connectivity index (χ3n) is 2.98. The molecule has 0 radical (unpaired) electrons. The SMILES string of the molecule is CC(C)(C)OC(=O)N1[C@@H](COCc2ccccc2)COS1(=O)=O. The van der Waals surface area contributed by atoms with Gasteiger partial charge < -0.3 is 9.47 Å². The Balaban J connectivity index is 1.98. The van der Waals surface area contributed by atoms with Crippen molar-refractivity contribution in [2.24, 2.45) is 0 Å². The highest BCUT2D eigenvalue weighted by atomic mass is 32.2. The Kier molecular flexibility index (Phi) is 5.28. The molecular weight excluding hydrogens is 322 g/mol. The summed E-state index contributed by atoms with van der Waals surface area (Å²) in [6, 6.07) is 8.72. The second-order valence-corrected chi connectivity index (χ2v) is 7.66. The van der Waals surface area contributed by atoms with Gasteiger partial charge in [0.1, 0.15) is 11.6 Å². The van der Waals surface area contributed by atoms with E-state index in [0.717, 1.165) is 5.56 Å². The van der Waals surface area contributed by atoms with E-state index in [1.807, 2.05) is 30.3 Å². The van der Waals surface area contributed by atoms with E-state index in [9.17, 15) is 13.2 Å². The number of rotatable bonds is 4. The summed E-state index contributed by atoms with van der Waals surface area (Å²) >= 11 is 0. The Morgan fingerprint density at radius 1 is 1.30 bits per heavy atom. The molecule has 128 valence electrons. The first-order chi connectivity index (χ1) is 10.7. The molecule has 23 heavy (non-hydrogen) atoms. The largest absolute Gasteiger partial charge is 0.443 e. The number of benzene rings is 1. The summed E-state index contributed by atoms with van der Waals surface area (Å²) in [5.74, 6) is 0. The summed E-state index contributed by atoms with van der Waals surface area (Å²) in [4.78, 5) is 12.1. The van der Waals surface area contributed by atoms with Gasteiger partial charge in [0.2, 0.25) is 0 Å². The Hall–Kier alpha value is -1.64. The molecule has 0 aliphatic carbocycles. The fourth-order valence-corrected chi connectivity index (χ4v) is 3.17. The summed E-state index contributed by atoms with van der Waals surface area (Å²) in [6.45, 7) is 5.20. The molecule has 1 aromatic carbocycles. The number of ether oxygens (including phenoxy) is 2. The van der Waals surface area contributed by atoms with Crippen LogP contribution >= 0.6 is 0 Å². The summed E-state index contributed by atoms with van der Waals surface area (Å²) < 4.78 is 39.7. The molecule has 1 atom stereocenters. The Morgan fingerprint density at radius 2 is 1.96 bits per heavy atom. The zero-order valence-electron chi connectivity index (χ0n) is 13.4. The van der Waals surface area contributed by atoms with Crippen molar-refractivity contribution in [2.45, 2.75) is 39.0 Å². The second-order valence-electron chi connectivity index (χ2n) is 6.17. The van der Waals surface area contributed by atoms with E-state index in [0.29, 0.717) is 10.9 Å². The van der Waals surface area contributed by atoms with Crippen molar-refractivity contribution in [3.63, 3.8) is 0 Å². The molecule has 0 N–H and O–H groups in total. The van der Waals surface area contributed by atoms with E-state index < -0.39 is 28.0 Å². The standard InChI is InChI=1S/C15H21NO6S/c1-15(2,3)22-14(17)16-13(11-21-23(16,18)19)10-20-9-12-7-5-4-6-8-12/h4-8,13H,9-11H2,1-3H3/t13-/m0/s1. The van der Waals surface area contributed by atoms with Crippen LogP contribution in [0.1, 0.15) is 26.3 Å². The highest BCUT2D eigenvalue weighted by molar-refractivity contribution is 7.85. The minimum absolute atomic E-state index is 0.0351. The van der Waals surface area contributed by atoms with Gasteiger partial charge in [-0.15, -0.1) is 0 Å². The van der Waals surface area contributed by atoms with E-state index in [2.05, 4.69) is 0 Å². The number of nitrogens with zero attached hydrogens (tertiary/aromatic N) is 1. The molecule has 0 saturated carbocycles.